The van der Waals surface area contributed by atoms with E-state index in [0.29, 0.717) is 17.9 Å². The zero-order valence-corrected chi connectivity index (χ0v) is 13.4. The molecule has 1 aliphatic rings. The maximum atomic E-state index is 11.8. The third-order valence-electron chi connectivity index (χ3n) is 3.90. The molecule has 1 aliphatic carbocycles. The molecule has 1 aromatic carbocycles. The van der Waals surface area contributed by atoms with E-state index < -0.39 is 0 Å². The first-order valence-corrected chi connectivity index (χ1v) is 7.62. The molecule has 3 nitrogen and oxygen atoms in total. The first-order chi connectivity index (χ1) is 10.6. The average Bonchev–Trinajstić information content (AvgIpc) is 2.52. The Hall–Kier alpha value is -2.05. The zero-order chi connectivity index (χ0) is 16.1. The van der Waals surface area contributed by atoms with Crippen LogP contribution in [0.3, 0.4) is 0 Å². The van der Waals surface area contributed by atoms with Gasteiger partial charge in [0.15, 0.2) is 5.78 Å². The highest BCUT2D eigenvalue weighted by Crippen LogP contribution is 2.27. The number of rotatable bonds is 3. The number of methoxy groups -OCH3 is 1. The minimum absolute atomic E-state index is 0.0238. The van der Waals surface area contributed by atoms with Crippen molar-refractivity contribution in [3.8, 4) is 17.6 Å². The number of allylic oxidation sites excluding steroid dienone is 1. The van der Waals surface area contributed by atoms with Crippen molar-refractivity contribution >= 4 is 5.78 Å². The number of carbonyl (C=O) groups is 1. The molecule has 0 atom stereocenters. The highest BCUT2D eigenvalue weighted by Gasteiger charge is 2.18. The summed E-state index contributed by atoms with van der Waals surface area (Å²) in [6.45, 7) is 4.01. The quantitative estimate of drug-likeness (QED) is 0.872. The van der Waals surface area contributed by atoms with Gasteiger partial charge in [0.2, 0.25) is 0 Å². The van der Waals surface area contributed by atoms with Crippen LogP contribution in [0.1, 0.15) is 50.2 Å². The molecule has 0 saturated heterocycles. The van der Waals surface area contributed by atoms with Crippen LogP contribution in [0.15, 0.2) is 29.3 Å². The third-order valence-corrected chi connectivity index (χ3v) is 3.90. The van der Waals surface area contributed by atoms with Crippen LogP contribution in [0.5, 0.6) is 5.75 Å². The van der Waals surface area contributed by atoms with Crippen LogP contribution in [0.4, 0.5) is 0 Å². The Kier molecular flexibility index (Phi) is 5.41. The monoisotopic (exact) mass is 298 g/mol. The molecule has 0 bridgehead atoms. The minimum atomic E-state index is -0.220. The van der Waals surface area contributed by atoms with Crippen LogP contribution < -0.4 is 4.74 Å². The van der Waals surface area contributed by atoms with Crippen LogP contribution in [-0.2, 0) is 4.79 Å². The van der Waals surface area contributed by atoms with Gasteiger partial charge in [0.25, 0.3) is 0 Å². The van der Waals surface area contributed by atoms with Gasteiger partial charge >= 0.3 is 0 Å². The number of hydrogen-bond donors (Lipinski definition) is 1. The van der Waals surface area contributed by atoms with Crippen LogP contribution >= 0.6 is 0 Å². The molecule has 3 heteroatoms. The predicted molar refractivity (Wildman–Crippen MR) is 86.9 cm³/mol. The third kappa shape index (κ3) is 3.58. The maximum Gasteiger partial charge on any atom is 0.162 e. The number of benzene rings is 1. The maximum absolute atomic E-state index is 11.8. The number of aliphatic hydroxyl groups excluding tert-OH is 1. The van der Waals surface area contributed by atoms with Gasteiger partial charge in [0.05, 0.1) is 13.7 Å². The van der Waals surface area contributed by atoms with Crippen molar-refractivity contribution in [1.29, 1.82) is 0 Å². The molecule has 22 heavy (non-hydrogen) atoms. The minimum Gasteiger partial charge on any atom is -0.496 e. The number of ether oxygens (including phenoxy) is 1. The van der Waals surface area contributed by atoms with Crippen molar-refractivity contribution in [2.24, 2.45) is 0 Å². The van der Waals surface area contributed by atoms with E-state index in [1.54, 1.807) is 7.11 Å². The molecule has 0 heterocycles. The Morgan fingerprint density at radius 3 is 2.68 bits per heavy atom. The fraction of sp³-hybridized carbons (Fsp3) is 0.421. The molecule has 0 unspecified atom stereocenters. The Balaban J connectivity index is 2.36. The molecule has 0 aliphatic heterocycles. The smallest absolute Gasteiger partial charge is 0.162 e. The van der Waals surface area contributed by atoms with E-state index in [4.69, 9.17) is 4.74 Å². The van der Waals surface area contributed by atoms with E-state index in [9.17, 15) is 9.90 Å². The van der Waals surface area contributed by atoms with Crippen molar-refractivity contribution in [2.45, 2.75) is 39.0 Å². The SMILES string of the molecule is COc1ccc(C#CC2=C(CO)C(=O)CCC2)cc1C(C)C. The highest BCUT2D eigenvalue weighted by molar-refractivity contribution is 5.98. The second-order valence-electron chi connectivity index (χ2n) is 5.75. The molecule has 0 fully saturated rings. The van der Waals surface area contributed by atoms with E-state index in [2.05, 4.69) is 25.7 Å². The summed E-state index contributed by atoms with van der Waals surface area (Å²) in [6, 6.07) is 5.87. The molecular weight excluding hydrogens is 276 g/mol. The molecule has 0 radical (unpaired) electrons. The molecule has 116 valence electrons. The van der Waals surface area contributed by atoms with E-state index in [0.717, 1.165) is 35.3 Å². The lowest BCUT2D eigenvalue weighted by atomic mass is 9.91. The van der Waals surface area contributed by atoms with Crippen LogP contribution in [0.2, 0.25) is 0 Å². The summed E-state index contributed by atoms with van der Waals surface area (Å²) in [5.74, 6) is 7.44. The van der Waals surface area contributed by atoms with Crippen molar-refractivity contribution in [2.75, 3.05) is 13.7 Å². The lowest BCUT2D eigenvalue weighted by Crippen LogP contribution is -2.13. The number of aliphatic hydroxyl groups is 1. The summed E-state index contributed by atoms with van der Waals surface area (Å²) in [4.78, 5) is 11.8. The summed E-state index contributed by atoms with van der Waals surface area (Å²) in [6.07, 6.45) is 2.09. The summed E-state index contributed by atoms with van der Waals surface area (Å²) < 4.78 is 5.37. The lowest BCUT2D eigenvalue weighted by molar-refractivity contribution is -0.116. The second kappa shape index (κ2) is 7.29. The van der Waals surface area contributed by atoms with E-state index in [1.165, 1.54) is 0 Å². The normalized spacial score (nSPS) is 14.9. The van der Waals surface area contributed by atoms with Gasteiger partial charge in [-0.05, 0) is 42.5 Å². The van der Waals surface area contributed by atoms with Crippen molar-refractivity contribution in [3.63, 3.8) is 0 Å². The molecule has 1 N–H and O–H groups in total. The lowest BCUT2D eigenvalue weighted by Gasteiger charge is -2.13. The molecule has 2 rings (SSSR count). The fourth-order valence-corrected chi connectivity index (χ4v) is 2.63. The fourth-order valence-electron chi connectivity index (χ4n) is 2.63. The largest absolute Gasteiger partial charge is 0.496 e. The Morgan fingerprint density at radius 1 is 1.27 bits per heavy atom. The van der Waals surface area contributed by atoms with Crippen LogP contribution in [-0.4, -0.2) is 24.6 Å². The molecule has 1 aromatic rings. The highest BCUT2D eigenvalue weighted by atomic mass is 16.5. The van der Waals surface area contributed by atoms with Crippen LogP contribution in [0, 0.1) is 11.8 Å². The summed E-state index contributed by atoms with van der Waals surface area (Å²) >= 11 is 0. The van der Waals surface area contributed by atoms with Gasteiger partial charge in [-0.2, -0.15) is 0 Å². The topological polar surface area (TPSA) is 46.5 Å². The van der Waals surface area contributed by atoms with Gasteiger partial charge in [0.1, 0.15) is 5.75 Å². The predicted octanol–water partition coefficient (Wildman–Crippen LogP) is 3.21. The van der Waals surface area contributed by atoms with E-state index >= 15 is 0 Å². The second-order valence-corrected chi connectivity index (χ2v) is 5.75. The van der Waals surface area contributed by atoms with Gasteiger partial charge < -0.3 is 9.84 Å². The molecule has 0 saturated carbocycles. The number of ketones is 1. The van der Waals surface area contributed by atoms with Gasteiger partial charge in [-0.25, -0.2) is 0 Å². The zero-order valence-electron chi connectivity index (χ0n) is 13.4. The number of carbonyl (C=O) groups excluding carboxylic acids is 1. The molecular formula is C19H22O3. The first kappa shape index (κ1) is 16.3. The number of hydrogen-bond acceptors (Lipinski definition) is 3. The van der Waals surface area contributed by atoms with Crippen molar-refractivity contribution in [3.05, 3.63) is 40.5 Å². The summed E-state index contributed by atoms with van der Waals surface area (Å²) in [5.41, 5.74) is 3.27. The molecule has 0 spiro atoms. The molecule has 0 amide bonds. The van der Waals surface area contributed by atoms with Gasteiger partial charge in [-0.1, -0.05) is 25.7 Å². The summed E-state index contributed by atoms with van der Waals surface area (Å²) in [5, 5.41) is 9.35. The van der Waals surface area contributed by atoms with Gasteiger partial charge in [-0.15, -0.1) is 0 Å². The van der Waals surface area contributed by atoms with Gasteiger partial charge in [-0.3, -0.25) is 4.79 Å². The summed E-state index contributed by atoms with van der Waals surface area (Å²) in [7, 11) is 1.67. The standard InChI is InChI=1S/C19H22O3/c1-13(2)16-11-14(8-10-19(16)22-3)7-9-15-5-4-6-18(21)17(15)12-20/h8,10-11,13,20H,4-6,12H2,1-3H3. The average molecular weight is 298 g/mol. The first-order valence-electron chi connectivity index (χ1n) is 7.62. The number of Topliss-reactive ketones (excluding diaryl/α,β-unsaturated/α-hetero) is 1. The van der Waals surface area contributed by atoms with Crippen LogP contribution in [0.25, 0.3) is 0 Å². The Morgan fingerprint density at radius 2 is 2.05 bits per heavy atom. The Labute approximate surface area is 132 Å². The van der Waals surface area contributed by atoms with Crippen molar-refractivity contribution < 1.29 is 14.6 Å². The Bertz CT molecular complexity index is 657. The van der Waals surface area contributed by atoms with E-state index in [1.807, 2.05) is 18.2 Å². The van der Waals surface area contributed by atoms with Gasteiger partial charge in [0, 0.05) is 23.1 Å². The molecule has 0 aromatic heterocycles. The van der Waals surface area contributed by atoms with E-state index in [-0.39, 0.29) is 12.4 Å². The van der Waals surface area contributed by atoms with Crippen molar-refractivity contribution in [1.82, 2.24) is 0 Å².